The van der Waals surface area contributed by atoms with Crippen LogP contribution >= 0.6 is 11.3 Å². The maximum atomic E-state index is 12.9. The Balaban J connectivity index is 1.47. The van der Waals surface area contributed by atoms with Gasteiger partial charge >= 0.3 is 0 Å². The van der Waals surface area contributed by atoms with Gasteiger partial charge in [0.05, 0.1) is 18.0 Å². The minimum atomic E-state index is -0.256. The van der Waals surface area contributed by atoms with E-state index in [1.807, 2.05) is 36.6 Å². The number of rotatable bonds is 8. The van der Waals surface area contributed by atoms with Gasteiger partial charge in [0, 0.05) is 22.7 Å². The van der Waals surface area contributed by atoms with E-state index in [1.165, 1.54) is 22.5 Å². The largest absolute Gasteiger partial charge is 0.490 e. The van der Waals surface area contributed by atoms with Gasteiger partial charge in [0.1, 0.15) is 6.61 Å². The Morgan fingerprint density at radius 2 is 1.88 bits per heavy atom. The number of carbonyl (C=O) groups is 1. The van der Waals surface area contributed by atoms with Gasteiger partial charge in [0.15, 0.2) is 16.6 Å². The molecule has 0 spiro atoms. The number of aromatic nitrogens is 2. The molecule has 168 valence electrons. The quantitative estimate of drug-likeness (QED) is 0.347. The Kier molecular flexibility index (Phi) is 7.00. The lowest BCUT2D eigenvalue weighted by molar-refractivity contribution is 0.102. The van der Waals surface area contributed by atoms with Gasteiger partial charge < -0.3 is 9.47 Å². The molecule has 0 fully saturated rings. The third-order valence-corrected chi connectivity index (χ3v) is 5.89. The van der Waals surface area contributed by atoms with E-state index in [0.717, 1.165) is 17.0 Å². The van der Waals surface area contributed by atoms with Gasteiger partial charge in [-0.25, -0.2) is 4.98 Å². The van der Waals surface area contributed by atoms with Crippen molar-refractivity contribution in [3.05, 3.63) is 88.6 Å². The first kappa shape index (κ1) is 22.5. The maximum absolute atomic E-state index is 12.9. The highest BCUT2D eigenvalue weighted by atomic mass is 32.1. The molecule has 0 bridgehead atoms. The van der Waals surface area contributed by atoms with E-state index in [1.54, 1.807) is 24.4 Å². The van der Waals surface area contributed by atoms with Crippen LogP contribution in [0.5, 0.6) is 11.5 Å². The number of nitrogens with zero attached hydrogens (tertiary/aromatic N) is 2. The fourth-order valence-corrected chi connectivity index (χ4v) is 3.92. The number of aryl methyl sites for hydroxylation is 2. The zero-order chi connectivity index (χ0) is 23.2. The molecule has 0 aliphatic carbocycles. The second kappa shape index (κ2) is 10.3. The van der Waals surface area contributed by atoms with Crippen LogP contribution in [0.15, 0.2) is 66.2 Å². The van der Waals surface area contributed by atoms with Crippen LogP contribution in [-0.4, -0.2) is 22.5 Å². The van der Waals surface area contributed by atoms with Crippen LogP contribution in [0.4, 0.5) is 5.13 Å². The van der Waals surface area contributed by atoms with E-state index in [2.05, 4.69) is 41.3 Å². The van der Waals surface area contributed by atoms with Crippen molar-refractivity contribution < 1.29 is 14.3 Å². The molecule has 0 saturated heterocycles. The van der Waals surface area contributed by atoms with Gasteiger partial charge in [0.25, 0.3) is 5.91 Å². The Labute approximate surface area is 197 Å². The van der Waals surface area contributed by atoms with Crippen LogP contribution in [0, 0.1) is 13.8 Å². The van der Waals surface area contributed by atoms with E-state index >= 15 is 0 Å². The van der Waals surface area contributed by atoms with Crippen LogP contribution in [0.2, 0.25) is 0 Å². The Bertz CT molecular complexity index is 1250. The summed E-state index contributed by atoms with van der Waals surface area (Å²) in [6.07, 6.45) is 1.72. The van der Waals surface area contributed by atoms with Crippen molar-refractivity contribution in [1.29, 1.82) is 0 Å². The van der Waals surface area contributed by atoms with Gasteiger partial charge in [-0.05, 0) is 68.3 Å². The zero-order valence-corrected chi connectivity index (χ0v) is 19.6. The molecule has 0 saturated carbocycles. The maximum Gasteiger partial charge on any atom is 0.257 e. The third-order valence-electron chi connectivity index (χ3n) is 5.13. The summed E-state index contributed by atoms with van der Waals surface area (Å²) in [5.41, 5.74) is 5.59. The predicted octanol–water partition coefficient (Wildman–Crippen LogP) is 6.05. The normalized spacial score (nSPS) is 10.6. The molecule has 2 heterocycles. The number of pyridine rings is 1. The van der Waals surface area contributed by atoms with E-state index in [0.29, 0.717) is 35.4 Å². The second-order valence-corrected chi connectivity index (χ2v) is 8.35. The Morgan fingerprint density at radius 1 is 1.00 bits per heavy atom. The lowest BCUT2D eigenvalue weighted by atomic mass is 10.1. The van der Waals surface area contributed by atoms with E-state index < -0.39 is 0 Å². The second-order valence-electron chi connectivity index (χ2n) is 7.50. The smallest absolute Gasteiger partial charge is 0.257 e. The molecule has 1 N–H and O–H groups in total. The number of anilines is 1. The number of nitrogens with one attached hydrogen (secondary N) is 1. The van der Waals surface area contributed by atoms with Crippen LogP contribution in [0.1, 0.15) is 34.1 Å². The van der Waals surface area contributed by atoms with Crippen molar-refractivity contribution >= 4 is 22.4 Å². The van der Waals surface area contributed by atoms with Crippen LogP contribution in [0.25, 0.3) is 11.3 Å². The molecule has 0 unspecified atom stereocenters. The summed E-state index contributed by atoms with van der Waals surface area (Å²) in [6, 6.07) is 17.0. The van der Waals surface area contributed by atoms with Crippen molar-refractivity contribution in [2.75, 3.05) is 11.9 Å². The molecule has 2 aromatic heterocycles. The molecule has 4 rings (SSSR count). The fraction of sp³-hybridized carbons (Fsp3) is 0.192. The molecule has 0 radical (unpaired) electrons. The zero-order valence-electron chi connectivity index (χ0n) is 18.8. The average molecular weight is 460 g/mol. The molecular formula is C26H25N3O3S. The van der Waals surface area contributed by atoms with E-state index in [4.69, 9.17) is 9.47 Å². The molecular weight excluding hydrogens is 434 g/mol. The molecule has 1 amide bonds. The minimum Gasteiger partial charge on any atom is -0.490 e. The molecule has 4 aromatic rings. The first-order chi connectivity index (χ1) is 16.0. The number of thiazole rings is 1. The molecule has 6 nitrogen and oxygen atoms in total. The number of benzene rings is 2. The highest BCUT2D eigenvalue weighted by molar-refractivity contribution is 7.14. The number of hydrogen-bond acceptors (Lipinski definition) is 6. The SMILES string of the molecule is CCOc1cc(C(=O)Nc2nc(-c3ccc(C)c(C)c3)cs2)ccc1OCc1ccccn1. The number of hydrogen-bond donors (Lipinski definition) is 1. The number of carbonyl (C=O) groups excluding carboxylic acids is 1. The van der Waals surface area contributed by atoms with Gasteiger partial charge in [-0.1, -0.05) is 18.2 Å². The molecule has 0 atom stereocenters. The highest BCUT2D eigenvalue weighted by Crippen LogP contribution is 2.30. The molecule has 2 aromatic carbocycles. The van der Waals surface area contributed by atoms with E-state index in [9.17, 15) is 4.79 Å². The van der Waals surface area contributed by atoms with Crippen molar-refractivity contribution in [3.63, 3.8) is 0 Å². The monoisotopic (exact) mass is 459 g/mol. The van der Waals surface area contributed by atoms with Crippen LogP contribution in [-0.2, 0) is 6.61 Å². The van der Waals surface area contributed by atoms with Crippen LogP contribution < -0.4 is 14.8 Å². The van der Waals surface area contributed by atoms with Gasteiger partial charge in [0.2, 0.25) is 0 Å². The van der Waals surface area contributed by atoms with Crippen molar-refractivity contribution in [3.8, 4) is 22.8 Å². The van der Waals surface area contributed by atoms with Crippen molar-refractivity contribution in [2.24, 2.45) is 0 Å². The Morgan fingerprint density at radius 3 is 2.64 bits per heavy atom. The molecule has 33 heavy (non-hydrogen) atoms. The molecule has 7 heteroatoms. The number of amides is 1. The lowest BCUT2D eigenvalue weighted by Gasteiger charge is -2.13. The first-order valence-corrected chi connectivity index (χ1v) is 11.6. The fourth-order valence-electron chi connectivity index (χ4n) is 3.21. The predicted molar refractivity (Wildman–Crippen MR) is 131 cm³/mol. The van der Waals surface area contributed by atoms with Crippen LogP contribution in [0.3, 0.4) is 0 Å². The first-order valence-electron chi connectivity index (χ1n) is 10.7. The van der Waals surface area contributed by atoms with Crippen molar-refractivity contribution in [1.82, 2.24) is 9.97 Å². The minimum absolute atomic E-state index is 0.256. The van der Waals surface area contributed by atoms with Gasteiger partial charge in [-0.3, -0.25) is 15.1 Å². The summed E-state index contributed by atoms with van der Waals surface area (Å²) < 4.78 is 11.6. The molecule has 0 aliphatic heterocycles. The average Bonchev–Trinajstić information content (AvgIpc) is 3.29. The van der Waals surface area contributed by atoms with Gasteiger partial charge in [-0.15, -0.1) is 11.3 Å². The molecule has 0 aliphatic rings. The van der Waals surface area contributed by atoms with Crippen molar-refractivity contribution in [2.45, 2.75) is 27.4 Å². The summed E-state index contributed by atoms with van der Waals surface area (Å²) >= 11 is 1.39. The highest BCUT2D eigenvalue weighted by Gasteiger charge is 2.14. The number of ether oxygens (including phenoxy) is 2. The summed E-state index contributed by atoms with van der Waals surface area (Å²) in [7, 11) is 0. The third kappa shape index (κ3) is 5.56. The van der Waals surface area contributed by atoms with E-state index in [-0.39, 0.29) is 5.91 Å². The summed E-state index contributed by atoms with van der Waals surface area (Å²) in [6.45, 7) is 6.81. The van der Waals surface area contributed by atoms with Gasteiger partial charge in [-0.2, -0.15) is 0 Å². The Hall–Kier alpha value is -3.71. The summed E-state index contributed by atoms with van der Waals surface area (Å²) in [5, 5.41) is 5.37. The topological polar surface area (TPSA) is 73.3 Å². The summed E-state index contributed by atoms with van der Waals surface area (Å²) in [4.78, 5) is 21.7. The summed E-state index contributed by atoms with van der Waals surface area (Å²) in [5.74, 6) is 0.814. The standard InChI is InChI=1S/C26H25N3O3S/c1-4-31-24-14-20(10-11-23(24)32-15-21-7-5-6-12-27-21)25(30)29-26-28-22(16-33-26)19-9-8-17(2)18(3)13-19/h5-14,16H,4,15H2,1-3H3,(H,28,29,30). The lowest BCUT2D eigenvalue weighted by Crippen LogP contribution is -2.12.